The average Bonchev–Trinajstić information content (AvgIpc) is 2.54. The van der Waals surface area contributed by atoms with Crippen molar-refractivity contribution < 1.29 is 9.67 Å². The predicted molar refractivity (Wildman–Crippen MR) is 50.0 cm³/mol. The van der Waals surface area contributed by atoms with Crippen molar-refractivity contribution in [3.05, 3.63) is 30.1 Å². The standard InChI is InChI=1S/C11H16NO/c1-12-8-4-5-10(9-12)11(13)6-2-3-7-11/h4-5,8-9,13H,2-3,6-7H2,1H3/q+1. The fourth-order valence-corrected chi connectivity index (χ4v) is 2.11. The molecule has 70 valence electrons. The average molecular weight is 178 g/mol. The van der Waals surface area contributed by atoms with Crippen molar-refractivity contribution in [2.24, 2.45) is 7.05 Å². The van der Waals surface area contributed by atoms with E-state index in [0.717, 1.165) is 31.2 Å². The number of pyridine rings is 1. The van der Waals surface area contributed by atoms with Crippen molar-refractivity contribution in [3.8, 4) is 0 Å². The summed E-state index contributed by atoms with van der Waals surface area (Å²) >= 11 is 0. The molecular weight excluding hydrogens is 162 g/mol. The molecule has 1 heterocycles. The fourth-order valence-electron chi connectivity index (χ4n) is 2.11. The molecule has 13 heavy (non-hydrogen) atoms. The van der Waals surface area contributed by atoms with Gasteiger partial charge >= 0.3 is 0 Å². The second-order valence-electron chi connectivity index (χ2n) is 4.00. The minimum absolute atomic E-state index is 0.543. The molecule has 0 aliphatic heterocycles. The first-order chi connectivity index (χ1) is 6.21. The van der Waals surface area contributed by atoms with E-state index in [2.05, 4.69) is 0 Å². The molecule has 1 aliphatic carbocycles. The van der Waals surface area contributed by atoms with Crippen LogP contribution in [-0.4, -0.2) is 5.11 Å². The van der Waals surface area contributed by atoms with Crippen LogP contribution >= 0.6 is 0 Å². The minimum atomic E-state index is -0.543. The van der Waals surface area contributed by atoms with Crippen LogP contribution in [0.3, 0.4) is 0 Å². The van der Waals surface area contributed by atoms with E-state index in [0.29, 0.717) is 0 Å². The molecule has 0 radical (unpaired) electrons. The summed E-state index contributed by atoms with van der Waals surface area (Å²) in [7, 11) is 1.99. The van der Waals surface area contributed by atoms with Gasteiger partial charge in [-0.15, -0.1) is 0 Å². The van der Waals surface area contributed by atoms with Gasteiger partial charge in [-0.25, -0.2) is 4.57 Å². The molecule has 0 atom stereocenters. The van der Waals surface area contributed by atoms with E-state index in [4.69, 9.17) is 0 Å². The maximum Gasteiger partial charge on any atom is 0.174 e. The van der Waals surface area contributed by atoms with Crippen LogP contribution in [0.2, 0.25) is 0 Å². The van der Waals surface area contributed by atoms with Gasteiger partial charge in [0.15, 0.2) is 12.4 Å². The Hall–Kier alpha value is -0.890. The van der Waals surface area contributed by atoms with E-state index in [1.165, 1.54) is 0 Å². The Morgan fingerprint density at radius 1 is 1.38 bits per heavy atom. The molecule has 0 bridgehead atoms. The summed E-state index contributed by atoms with van der Waals surface area (Å²) in [5.41, 5.74) is 0.522. The lowest BCUT2D eigenvalue weighted by molar-refractivity contribution is -0.672. The van der Waals surface area contributed by atoms with Crippen LogP contribution in [0, 0.1) is 0 Å². The summed E-state index contributed by atoms with van der Waals surface area (Å²) in [6.45, 7) is 0. The van der Waals surface area contributed by atoms with Gasteiger partial charge in [0.25, 0.3) is 0 Å². The third kappa shape index (κ3) is 1.59. The van der Waals surface area contributed by atoms with E-state index < -0.39 is 5.60 Å². The minimum Gasteiger partial charge on any atom is -0.385 e. The van der Waals surface area contributed by atoms with Crippen LogP contribution in [0.1, 0.15) is 31.2 Å². The number of aliphatic hydroxyl groups is 1. The predicted octanol–water partition coefficient (Wildman–Crippen LogP) is 1.27. The van der Waals surface area contributed by atoms with Crippen molar-refractivity contribution in [1.82, 2.24) is 0 Å². The molecule has 1 saturated carbocycles. The van der Waals surface area contributed by atoms with Gasteiger partial charge in [-0.05, 0) is 18.9 Å². The largest absolute Gasteiger partial charge is 0.385 e. The number of aromatic nitrogens is 1. The molecule has 0 unspecified atom stereocenters. The molecule has 1 aliphatic rings. The van der Waals surface area contributed by atoms with Gasteiger partial charge in [0, 0.05) is 11.6 Å². The highest BCUT2D eigenvalue weighted by Crippen LogP contribution is 2.37. The van der Waals surface area contributed by atoms with Gasteiger partial charge in [0.1, 0.15) is 7.05 Å². The normalized spacial score (nSPS) is 20.5. The van der Waals surface area contributed by atoms with Crippen molar-refractivity contribution in [2.75, 3.05) is 0 Å². The Labute approximate surface area is 78.8 Å². The lowest BCUT2D eigenvalue weighted by Gasteiger charge is -2.20. The van der Waals surface area contributed by atoms with E-state index in [-0.39, 0.29) is 0 Å². The zero-order chi connectivity index (χ0) is 9.31. The smallest absolute Gasteiger partial charge is 0.174 e. The highest BCUT2D eigenvalue weighted by Gasteiger charge is 2.34. The summed E-state index contributed by atoms with van der Waals surface area (Å²) < 4.78 is 1.99. The number of hydrogen-bond acceptors (Lipinski definition) is 1. The highest BCUT2D eigenvalue weighted by atomic mass is 16.3. The molecule has 2 nitrogen and oxygen atoms in total. The molecule has 1 fully saturated rings. The van der Waals surface area contributed by atoms with Crippen LogP contribution in [-0.2, 0) is 12.6 Å². The Bertz CT molecular complexity index is 303. The maximum atomic E-state index is 10.3. The highest BCUT2D eigenvalue weighted by molar-refractivity contribution is 5.17. The SMILES string of the molecule is C[n+]1cccc(C2(O)CCCC2)c1. The third-order valence-corrected chi connectivity index (χ3v) is 2.91. The fraction of sp³-hybridized carbons (Fsp3) is 0.545. The summed E-state index contributed by atoms with van der Waals surface area (Å²) in [4.78, 5) is 0. The Morgan fingerprint density at radius 2 is 2.08 bits per heavy atom. The van der Waals surface area contributed by atoms with Gasteiger partial charge in [-0.2, -0.15) is 0 Å². The topological polar surface area (TPSA) is 24.1 Å². The van der Waals surface area contributed by atoms with Crippen LogP contribution in [0.25, 0.3) is 0 Å². The van der Waals surface area contributed by atoms with Crippen LogP contribution in [0.15, 0.2) is 24.5 Å². The van der Waals surface area contributed by atoms with Crippen molar-refractivity contribution in [2.45, 2.75) is 31.3 Å². The van der Waals surface area contributed by atoms with E-state index in [1.54, 1.807) is 0 Å². The second kappa shape index (κ2) is 3.11. The molecular formula is C11H16NO+. The van der Waals surface area contributed by atoms with E-state index in [1.807, 2.05) is 36.1 Å². The molecule has 0 saturated heterocycles. The summed E-state index contributed by atoms with van der Waals surface area (Å²) in [5, 5.41) is 10.3. The lowest BCUT2D eigenvalue weighted by atomic mass is 9.94. The van der Waals surface area contributed by atoms with Crippen LogP contribution in [0.5, 0.6) is 0 Å². The third-order valence-electron chi connectivity index (χ3n) is 2.91. The number of hydrogen-bond donors (Lipinski definition) is 1. The molecule has 1 aromatic heterocycles. The number of aryl methyl sites for hydroxylation is 1. The van der Waals surface area contributed by atoms with E-state index in [9.17, 15) is 5.11 Å². The van der Waals surface area contributed by atoms with Gasteiger partial charge in [0.2, 0.25) is 0 Å². The maximum absolute atomic E-state index is 10.3. The van der Waals surface area contributed by atoms with Crippen LogP contribution < -0.4 is 4.57 Å². The molecule has 0 amide bonds. The van der Waals surface area contributed by atoms with Gasteiger partial charge in [-0.1, -0.05) is 12.8 Å². The van der Waals surface area contributed by atoms with Gasteiger partial charge < -0.3 is 5.11 Å². The zero-order valence-corrected chi connectivity index (χ0v) is 8.03. The van der Waals surface area contributed by atoms with Crippen molar-refractivity contribution in [3.63, 3.8) is 0 Å². The van der Waals surface area contributed by atoms with Crippen molar-refractivity contribution in [1.29, 1.82) is 0 Å². The van der Waals surface area contributed by atoms with Crippen LogP contribution in [0.4, 0.5) is 0 Å². The molecule has 2 rings (SSSR count). The Balaban J connectivity index is 2.33. The number of rotatable bonds is 1. The molecule has 0 spiro atoms. The first-order valence-corrected chi connectivity index (χ1v) is 4.89. The molecule has 1 aromatic rings. The first kappa shape index (κ1) is 8.70. The van der Waals surface area contributed by atoms with Gasteiger partial charge in [0.05, 0.1) is 5.60 Å². The summed E-state index contributed by atoms with van der Waals surface area (Å²) in [6, 6.07) is 4.01. The summed E-state index contributed by atoms with van der Waals surface area (Å²) in [6.07, 6.45) is 8.13. The first-order valence-electron chi connectivity index (χ1n) is 4.89. The monoisotopic (exact) mass is 178 g/mol. The quantitative estimate of drug-likeness (QED) is 0.643. The van der Waals surface area contributed by atoms with Crippen molar-refractivity contribution >= 4 is 0 Å². The lowest BCUT2D eigenvalue weighted by Crippen LogP contribution is -2.31. The van der Waals surface area contributed by atoms with E-state index >= 15 is 0 Å². The molecule has 1 N–H and O–H groups in total. The molecule has 2 heteroatoms. The zero-order valence-electron chi connectivity index (χ0n) is 8.03. The summed E-state index contributed by atoms with van der Waals surface area (Å²) in [5.74, 6) is 0. The van der Waals surface area contributed by atoms with Gasteiger partial charge in [-0.3, -0.25) is 0 Å². The Morgan fingerprint density at radius 3 is 2.69 bits per heavy atom. The Kier molecular flexibility index (Phi) is 2.08. The number of nitrogens with zero attached hydrogens (tertiary/aromatic N) is 1. The molecule has 0 aromatic carbocycles. The second-order valence-corrected chi connectivity index (χ2v) is 4.00.